The molecule has 0 saturated carbocycles. The van der Waals surface area contributed by atoms with Gasteiger partial charge in [-0.05, 0) is 18.6 Å². The van der Waals surface area contributed by atoms with Crippen molar-refractivity contribution in [1.29, 1.82) is 0 Å². The normalized spacial score (nSPS) is 10.7. The Morgan fingerprint density at radius 3 is 3.00 bits per heavy atom. The van der Waals surface area contributed by atoms with E-state index < -0.39 is 0 Å². The lowest BCUT2D eigenvalue weighted by molar-refractivity contribution is 0.530. The summed E-state index contributed by atoms with van der Waals surface area (Å²) >= 11 is 7.56. The Hall–Kier alpha value is -1.00. The minimum absolute atomic E-state index is 0.505. The number of aryl methyl sites for hydroxylation is 1. The van der Waals surface area contributed by atoms with Crippen molar-refractivity contribution >= 4 is 23.4 Å². The second-order valence-electron chi connectivity index (χ2n) is 3.56. The predicted octanol–water partition coefficient (Wildman–Crippen LogP) is 3.97. The van der Waals surface area contributed by atoms with Gasteiger partial charge >= 0.3 is 0 Å². The molecule has 0 saturated heterocycles. The van der Waals surface area contributed by atoms with Crippen LogP contribution in [0.25, 0.3) is 0 Å². The van der Waals surface area contributed by atoms with Gasteiger partial charge in [0.25, 0.3) is 0 Å². The van der Waals surface area contributed by atoms with E-state index in [9.17, 15) is 0 Å². The second kappa shape index (κ2) is 6.07. The van der Waals surface area contributed by atoms with E-state index in [1.165, 1.54) is 0 Å². The number of hydrogen-bond donors (Lipinski definition) is 0. The summed E-state index contributed by atoms with van der Waals surface area (Å²) in [6.07, 6.45) is 3.54. The molecule has 2 rings (SSSR count). The standard InChI is InChI=1S/C12H13ClN2OS/c1-2-4-11-14-10(13)7-12(15-11)17-8-9-5-3-6-16-9/h3,5-7H,2,4,8H2,1H3. The molecule has 0 aliphatic carbocycles. The highest BCUT2D eigenvalue weighted by atomic mass is 35.5. The first-order chi connectivity index (χ1) is 8.28. The molecule has 0 radical (unpaired) electrons. The van der Waals surface area contributed by atoms with Gasteiger partial charge in [-0.25, -0.2) is 9.97 Å². The third-order valence-electron chi connectivity index (χ3n) is 2.13. The zero-order chi connectivity index (χ0) is 12.1. The molecule has 0 unspecified atom stereocenters. The Morgan fingerprint density at radius 1 is 1.41 bits per heavy atom. The lowest BCUT2D eigenvalue weighted by atomic mass is 10.3. The third kappa shape index (κ3) is 3.75. The summed E-state index contributed by atoms with van der Waals surface area (Å²) in [4.78, 5) is 8.63. The summed E-state index contributed by atoms with van der Waals surface area (Å²) in [6.45, 7) is 2.10. The van der Waals surface area contributed by atoms with Gasteiger partial charge in [0.1, 0.15) is 21.8 Å². The number of halogens is 1. The molecule has 2 aromatic rings. The van der Waals surface area contributed by atoms with E-state index >= 15 is 0 Å². The second-order valence-corrected chi connectivity index (χ2v) is 4.95. The SMILES string of the molecule is CCCc1nc(Cl)cc(SCc2ccco2)n1. The largest absolute Gasteiger partial charge is 0.468 e. The Morgan fingerprint density at radius 2 is 2.29 bits per heavy atom. The predicted molar refractivity (Wildman–Crippen MR) is 69.3 cm³/mol. The van der Waals surface area contributed by atoms with E-state index in [4.69, 9.17) is 16.0 Å². The molecule has 17 heavy (non-hydrogen) atoms. The molecule has 0 atom stereocenters. The highest BCUT2D eigenvalue weighted by molar-refractivity contribution is 7.98. The molecule has 5 heteroatoms. The molecule has 0 aromatic carbocycles. The van der Waals surface area contributed by atoms with Crippen LogP contribution < -0.4 is 0 Å². The van der Waals surface area contributed by atoms with Crippen molar-refractivity contribution in [2.75, 3.05) is 0 Å². The Bertz CT molecular complexity index is 473. The van der Waals surface area contributed by atoms with Gasteiger partial charge in [0.15, 0.2) is 0 Å². The summed E-state index contributed by atoms with van der Waals surface area (Å²) in [5.74, 6) is 2.50. The van der Waals surface area contributed by atoms with Crippen LogP contribution in [0.5, 0.6) is 0 Å². The fourth-order valence-corrected chi connectivity index (χ4v) is 2.48. The van der Waals surface area contributed by atoms with Gasteiger partial charge in [-0.1, -0.05) is 30.3 Å². The van der Waals surface area contributed by atoms with Gasteiger partial charge in [0, 0.05) is 12.5 Å². The minimum atomic E-state index is 0.505. The molecule has 90 valence electrons. The average Bonchev–Trinajstić information content (AvgIpc) is 2.79. The topological polar surface area (TPSA) is 38.9 Å². The highest BCUT2D eigenvalue weighted by Crippen LogP contribution is 2.23. The molecule has 0 amide bonds. The van der Waals surface area contributed by atoms with Crippen molar-refractivity contribution in [3.05, 3.63) is 41.2 Å². The first kappa shape index (κ1) is 12.5. The van der Waals surface area contributed by atoms with Gasteiger partial charge < -0.3 is 4.42 Å². The van der Waals surface area contributed by atoms with Crippen molar-refractivity contribution in [3.8, 4) is 0 Å². The van der Waals surface area contributed by atoms with Crippen molar-refractivity contribution in [2.45, 2.75) is 30.5 Å². The first-order valence-corrected chi connectivity index (χ1v) is 6.83. The fraction of sp³-hybridized carbons (Fsp3) is 0.333. The molecule has 0 aliphatic heterocycles. The number of rotatable bonds is 5. The maximum Gasteiger partial charge on any atom is 0.133 e. The van der Waals surface area contributed by atoms with E-state index in [2.05, 4.69) is 16.9 Å². The van der Waals surface area contributed by atoms with Gasteiger partial charge in [-0.2, -0.15) is 0 Å². The summed E-state index contributed by atoms with van der Waals surface area (Å²) in [5, 5.41) is 1.40. The lowest BCUT2D eigenvalue weighted by Crippen LogP contribution is -1.96. The van der Waals surface area contributed by atoms with Gasteiger partial charge in [-0.15, -0.1) is 0 Å². The zero-order valence-electron chi connectivity index (χ0n) is 9.52. The number of hydrogen-bond acceptors (Lipinski definition) is 4. The van der Waals surface area contributed by atoms with E-state index in [1.54, 1.807) is 24.1 Å². The van der Waals surface area contributed by atoms with Crippen molar-refractivity contribution < 1.29 is 4.42 Å². The minimum Gasteiger partial charge on any atom is -0.468 e. The van der Waals surface area contributed by atoms with Gasteiger partial charge in [0.05, 0.1) is 12.0 Å². The molecule has 3 nitrogen and oxygen atoms in total. The maximum absolute atomic E-state index is 5.96. The molecule has 0 spiro atoms. The summed E-state index contributed by atoms with van der Waals surface area (Å²) < 4.78 is 5.27. The van der Waals surface area contributed by atoms with Crippen LogP contribution in [0.15, 0.2) is 33.9 Å². The van der Waals surface area contributed by atoms with Crippen LogP contribution in [-0.2, 0) is 12.2 Å². The Labute approximate surface area is 110 Å². The van der Waals surface area contributed by atoms with Crippen LogP contribution in [0.1, 0.15) is 24.9 Å². The van der Waals surface area contributed by atoms with Crippen LogP contribution in [0, 0.1) is 0 Å². The van der Waals surface area contributed by atoms with E-state index in [0.717, 1.165) is 35.2 Å². The molecular weight excluding hydrogens is 256 g/mol. The highest BCUT2D eigenvalue weighted by Gasteiger charge is 2.05. The zero-order valence-corrected chi connectivity index (χ0v) is 11.1. The van der Waals surface area contributed by atoms with Crippen LogP contribution in [0.3, 0.4) is 0 Å². The van der Waals surface area contributed by atoms with Gasteiger partial charge in [-0.3, -0.25) is 0 Å². The van der Waals surface area contributed by atoms with Crippen LogP contribution in [0.4, 0.5) is 0 Å². The summed E-state index contributed by atoms with van der Waals surface area (Å²) in [7, 11) is 0. The monoisotopic (exact) mass is 268 g/mol. The van der Waals surface area contributed by atoms with E-state index in [1.807, 2.05) is 12.1 Å². The maximum atomic E-state index is 5.96. The smallest absolute Gasteiger partial charge is 0.133 e. The quantitative estimate of drug-likeness (QED) is 0.608. The third-order valence-corrected chi connectivity index (χ3v) is 3.26. The van der Waals surface area contributed by atoms with Crippen molar-refractivity contribution in [1.82, 2.24) is 9.97 Å². The van der Waals surface area contributed by atoms with E-state index in [0.29, 0.717) is 5.15 Å². The summed E-state index contributed by atoms with van der Waals surface area (Å²) in [6, 6.07) is 5.61. The number of aromatic nitrogens is 2. The first-order valence-electron chi connectivity index (χ1n) is 5.46. The van der Waals surface area contributed by atoms with Crippen LogP contribution in [-0.4, -0.2) is 9.97 Å². The molecule has 0 bridgehead atoms. The molecule has 2 heterocycles. The van der Waals surface area contributed by atoms with Gasteiger partial charge in [0.2, 0.25) is 0 Å². The Kier molecular flexibility index (Phi) is 4.45. The molecule has 0 N–H and O–H groups in total. The molecule has 0 aliphatic rings. The van der Waals surface area contributed by atoms with Crippen molar-refractivity contribution in [2.24, 2.45) is 0 Å². The fourth-order valence-electron chi connectivity index (χ4n) is 1.39. The molecular formula is C12H13ClN2OS. The van der Waals surface area contributed by atoms with Crippen LogP contribution >= 0.6 is 23.4 Å². The van der Waals surface area contributed by atoms with E-state index in [-0.39, 0.29) is 0 Å². The average molecular weight is 269 g/mol. The lowest BCUT2D eigenvalue weighted by Gasteiger charge is -2.03. The molecule has 2 aromatic heterocycles. The number of furan rings is 1. The summed E-state index contributed by atoms with van der Waals surface area (Å²) in [5.41, 5.74) is 0. The number of nitrogens with zero attached hydrogens (tertiary/aromatic N) is 2. The van der Waals surface area contributed by atoms with Crippen LogP contribution in [0.2, 0.25) is 5.15 Å². The Balaban J connectivity index is 2.04. The number of thioether (sulfide) groups is 1. The van der Waals surface area contributed by atoms with Crippen molar-refractivity contribution in [3.63, 3.8) is 0 Å². The molecule has 0 fully saturated rings.